The van der Waals surface area contributed by atoms with Crippen LogP contribution in [0.4, 0.5) is 5.69 Å². The van der Waals surface area contributed by atoms with E-state index in [-0.39, 0.29) is 0 Å². The van der Waals surface area contributed by atoms with Gasteiger partial charge in [-0.15, -0.1) is 11.3 Å². The number of nitrogens with zero attached hydrogens (tertiary/aromatic N) is 3. The summed E-state index contributed by atoms with van der Waals surface area (Å²) in [6.45, 7) is 3.55. The van der Waals surface area contributed by atoms with Crippen LogP contribution in [-0.2, 0) is 13.1 Å². The van der Waals surface area contributed by atoms with Gasteiger partial charge >= 0.3 is 0 Å². The third-order valence-electron chi connectivity index (χ3n) is 2.96. The Bertz CT molecular complexity index is 672. The first-order valence-electron chi connectivity index (χ1n) is 6.51. The van der Waals surface area contributed by atoms with Gasteiger partial charge in [0.1, 0.15) is 0 Å². The molecule has 0 unspecified atom stereocenters. The lowest BCUT2D eigenvalue weighted by atomic mass is 10.2. The Balaban J connectivity index is 1.59. The lowest BCUT2D eigenvalue weighted by Crippen LogP contribution is -2.00. The van der Waals surface area contributed by atoms with E-state index in [2.05, 4.69) is 32.9 Å². The van der Waals surface area contributed by atoms with Crippen molar-refractivity contribution in [1.29, 1.82) is 0 Å². The standard InChI is InChI=1S/C15H16N4S/c1-12-18-15(11-20-12)7-16-14-8-17-19(10-14)9-13-5-3-2-4-6-13/h2-6,8,10-11,16H,7,9H2,1H3. The van der Waals surface area contributed by atoms with Crippen LogP contribution in [-0.4, -0.2) is 14.8 Å². The van der Waals surface area contributed by atoms with Crippen molar-refractivity contribution in [3.63, 3.8) is 0 Å². The third-order valence-corrected chi connectivity index (χ3v) is 3.78. The number of rotatable bonds is 5. The van der Waals surface area contributed by atoms with Crippen LogP contribution in [0, 0.1) is 6.92 Å². The molecule has 20 heavy (non-hydrogen) atoms. The van der Waals surface area contributed by atoms with Crippen molar-refractivity contribution in [3.05, 3.63) is 64.4 Å². The summed E-state index contributed by atoms with van der Waals surface area (Å²) in [6, 6.07) is 10.3. The summed E-state index contributed by atoms with van der Waals surface area (Å²) >= 11 is 1.67. The summed E-state index contributed by atoms with van der Waals surface area (Å²) in [4.78, 5) is 4.43. The molecule has 3 rings (SSSR count). The molecule has 0 saturated heterocycles. The van der Waals surface area contributed by atoms with Crippen LogP contribution in [0.5, 0.6) is 0 Å². The monoisotopic (exact) mass is 284 g/mol. The molecule has 0 fully saturated rings. The topological polar surface area (TPSA) is 42.7 Å². The SMILES string of the molecule is Cc1nc(CNc2cnn(Cc3ccccc3)c2)cs1. The zero-order chi connectivity index (χ0) is 13.8. The highest BCUT2D eigenvalue weighted by Gasteiger charge is 2.01. The van der Waals surface area contributed by atoms with Gasteiger partial charge in [0.2, 0.25) is 0 Å². The smallest absolute Gasteiger partial charge is 0.0898 e. The molecule has 1 aromatic carbocycles. The normalized spacial score (nSPS) is 10.7. The van der Waals surface area contributed by atoms with Crippen molar-refractivity contribution in [2.45, 2.75) is 20.0 Å². The number of aryl methyl sites for hydroxylation is 1. The Morgan fingerprint density at radius 3 is 2.85 bits per heavy atom. The molecule has 0 amide bonds. The van der Waals surface area contributed by atoms with Gasteiger partial charge in [0.05, 0.1) is 35.7 Å². The van der Waals surface area contributed by atoms with E-state index in [0.29, 0.717) is 0 Å². The van der Waals surface area contributed by atoms with Crippen molar-refractivity contribution in [3.8, 4) is 0 Å². The minimum Gasteiger partial charge on any atom is -0.377 e. The van der Waals surface area contributed by atoms with Crippen molar-refractivity contribution >= 4 is 17.0 Å². The molecule has 0 aliphatic heterocycles. The lowest BCUT2D eigenvalue weighted by molar-refractivity contribution is 0.687. The van der Waals surface area contributed by atoms with Crippen molar-refractivity contribution in [2.24, 2.45) is 0 Å². The van der Waals surface area contributed by atoms with E-state index in [1.165, 1.54) is 5.56 Å². The van der Waals surface area contributed by atoms with Gasteiger partial charge in [-0.25, -0.2) is 4.98 Å². The maximum Gasteiger partial charge on any atom is 0.0898 e. The van der Waals surface area contributed by atoms with Crippen LogP contribution >= 0.6 is 11.3 Å². The summed E-state index contributed by atoms with van der Waals surface area (Å²) < 4.78 is 1.93. The first-order valence-corrected chi connectivity index (χ1v) is 7.39. The molecule has 2 heterocycles. The summed E-state index contributed by atoms with van der Waals surface area (Å²) in [5.41, 5.74) is 3.34. The van der Waals surface area contributed by atoms with E-state index in [1.54, 1.807) is 11.3 Å². The van der Waals surface area contributed by atoms with Gasteiger partial charge in [0.25, 0.3) is 0 Å². The van der Waals surface area contributed by atoms with Gasteiger partial charge in [0, 0.05) is 11.6 Å². The quantitative estimate of drug-likeness (QED) is 0.781. The summed E-state index contributed by atoms with van der Waals surface area (Å²) in [5.74, 6) is 0. The Hall–Kier alpha value is -2.14. The molecule has 0 spiro atoms. The van der Waals surface area contributed by atoms with E-state index in [9.17, 15) is 0 Å². The number of benzene rings is 1. The molecular weight excluding hydrogens is 268 g/mol. The predicted octanol–water partition coefficient (Wildman–Crippen LogP) is 3.31. The molecule has 2 aromatic heterocycles. The number of thiazole rings is 1. The van der Waals surface area contributed by atoms with Crippen LogP contribution in [0.3, 0.4) is 0 Å². The van der Waals surface area contributed by atoms with Crippen molar-refractivity contribution in [2.75, 3.05) is 5.32 Å². The molecule has 4 nitrogen and oxygen atoms in total. The Morgan fingerprint density at radius 1 is 1.25 bits per heavy atom. The molecule has 3 aromatic rings. The van der Waals surface area contributed by atoms with Gasteiger partial charge in [-0.3, -0.25) is 4.68 Å². The number of hydrogen-bond acceptors (Lipinski definition) is 4. The Labute approximate surface area is 122 Å². The number of anilines is 1. The van der Waals surface area contributed by atoms with Crippen molar-refractivity contribution < 1.29 is 0 Å². The minimum absolute atomic E-state index is 0.737. The second kappa shape index (κ2) is 5.88. The van der Waals surface area contributed by atoms with Gasteiger partial charge in [-0.2, -0.15) is 5.10 Å². The van der Waals surface area contributed by atoms with Crippen molar-refractivity contribution in [1.82, 2.24) is 14.8 Å². The second-order valence-electron chi connectivity index (χ2n) is 4.62. The van der Waals surface area contributed by atoms with Crippen LogP contribution in [0.2, 0.25) is 0 Å². The number of hydrogen-bond donors (Lipinski definition) is 1. The van der Waals surface area contributed by atoms with E-state index in [4.69, 9.17) is 0 Å². The zero-order valence-electron chi connectivity index (χ0n) is 11.3. The van der Waals surface area contributed by atoms with Gasteiger partial charge < -0.3 is 5.32 Å². The Kier molecular flexibility index (Phi) is 3.78. The third kappa shape index (κ3) is 3.24. The van der Waals surface area contributed by atoms with Gasteiger partial charge in [-0.05, 0) is 12.5 Å². The predicted molar refractivity (Wildman–Crippen MR) is 81.9 cm³/mol. The highest BCUT2D eigenvalue weighted by atomic mass is 32.1. The molecule has 102 valence electrons. The fraction of sp³-hybridized carbons (Fsp3) is 0.200. The fourth-order valence-corrected chi connectivity index (χ4v) is 2.61. The number of nitrogens with one attached hydrogen (secondary N) is 1. The molecule has 1 N–H and O–H groups in total. The van der Waals surface area contributed by atoms with Crippen LogP contribution < -0.4 is 5.32 Å². The van der Waals surface area contributed by atoms with Gasteiger partial charge in [0.15, 0.2) is 0 Å². The first kappa shape index (κ1) is 12.9. The molecule has 0 aliphatic rings. The van der Waals surface area contributed by atoms with E-state index in [0.717, 1.165) is 29.5 Å². The fourth-order valence-electron chi connectivity index (χ4n) is 1.99. The minimum atomic E-state index is 0.737. The van der Waals surface area contributed by atoms with E-state index >= 15 is 0 Å². The summed E-state index contributed by atoms with van der Waals surface area (Å²) in [7, 11) is 0. The molecule has 0 bridgehead atoms. The highest BCUT2D eigenvalue weighted by Crippen LogP contribution is 2.12. The summed E-state index contributed by atoms with van der Waals surface area (Å²) in [5, 5.41) is 10.9. The van der Waals surface area contributed by atoms with Crippen LogP contribution in [0.15, 0.2) is 48.1 Å². The van der Waals surface area contributed by atoms with E-state index in [1.807, 2.05) is 42.2 Å². The molecule has 0 aliphatic carbocycles. The highest BCUT2D eigenvalue weighted by molar-refractivity contribution is 7.09. The second-order valence-corrected chi connectivity index (χ2v) is 5.69. The average Bonchev–Trinajstić information content (AvgIpc) is 3.07. The molecule has 0 atom stereocenters. The molecule has 5 heteroatoms. The van der Waals surface area contributed by atoms with Crippen LogP contribution in [0.1, 0.15) is 16.3 Å². The number of aromatic nitrogens is 3. The maximum absolute atomic E-state index is 4.43. The Morgan fingerprint density at radius 2 is 2.10 bits per heavy atom. The lowest BCUT2D eigenvalue weighted by Gasteiger charge is -2.01. The largest absolute Gasteiger partial charge is 0.377 e. The van der Waals surface area contributed by atoms with Crippen LogP contribution in [0.25, 0.3) is 0 Å². The van der Waals surface area contributed by atoms with Gasteiger partial charge in [-0.1, -0.05) is 30.3 Å². The van der Waals surface area contributed by atoms with E-state index < -0.39 is 0 Å². The molecule has 0 saturated carbocycles. The molecule has 0 radical (unpaired) electrons. The zero-order valence-corrected chi connectivity index (χ0v) is 12.1. The summed E-state index contributed by atoms with van der Waals surface area (Å²) in [6.07, 6.45) is 3.87. The first-order chi connectivity index (χ1) is 9.79. The molecular formula is C15H16N4S. The average molecular weight is 284 g/mol. The maximum atomic E-state index is 4.43.